The fourth-order valence-corrected chi connectivity index (χ4v) is 1.28. The van der Waals surface area contributed by atoms with Gasteiger partial charge in [0.15, 0.2) is 0 Å². The lowest BCUT2D eigenvalue weighted by atomic mass is 9.93. The van der Waals surface area contributed by atoms with E-state index in [-0.39, 0.29) is 22.3 Å². The first-order valence-electron chi connectivity index (χ1n) is 4.66. The summed E-state index contributed by atoms with van der Waals surface area (Å²) in [5, 5.41) is 0. The Morgan fingerprint density at radius 2 is 2.00 bits per heavy atom. The Hall–Kier alpha value is -0.210. The van der Waals surface area contributed by atoms with E-state index in [0.717, 1.165) is 0 Å². The molecule has 0 bridgehead atoms. The first-order valence-corrected chi connectivity index (χ1v) is 5.42. The van der Waals surface area contributed by atoms with Crippen molar-refractivity contribution < 1.29 is 9.53 Å². The molecule has 0 aliphatic heterocycles. The molecule has 4 heteroatoms. The fraction of sp³-hybridized carbons (Fsp3) is 0.700. The van der Waals surface area contributed by atoms with Crippen LogP contribution in [0.5, 0.6) is 0 Å². The zero-order valence-corrected chi connectivity index (χ0v) is 10.2. The zero-order valence-electron chi connectivity index (χ0n) is 8.72. The summed E-state index contributed by atoms with van der Waals surface area (Å²) in [7, 11) is 0. The molecular weight excluding hydrogens is 223 g/mol. The molecule has 0 aromatic rings. The fourth-order valence-electron chi connectivity index (χ4n) is 1.11. The van der Waals surface area contributed by atoms with Gasteiger partial charge in [-0.2, -0.15) is 0 Å². The molecule has 0 heterocycles. The number of ether oxygens (including phenoxy) is 1. The average Bonchev–Trinajstić information content (AvgIpc) is 2.03. The molecule has 0 saturated heterocycles. The molecule has 0 fully saturated rings. The van der Waals surface area contributed by atoms with Crippen molar-refractivity contribution in [1.29, 1.82) is 0 Å². The highest BCUT2D eigenvalue weighted by molar-refractivity contribution is 6.55. The van der Waals surface area contributed by atoms with Gasteiger partial charge in [0.2, 0.25) is 0 Å². The highest BCUT2D eigenvalue weighted by Crippen LogP contribution is 2.20. The molecule has 0 aliphatic carbocycles. The van der Waals surface area contributed by atoms with Crippen molar-refractivity contribution in [2.45, 2.75) is 27.2 Å². The lowest BCUT2D eigenvalue weighted by Crippen LogP contribution is -2.22. The Morgan fingerprint density at radius 1 is 1.43 bits per heavy atom. The first-order chi connectivity index (χ1) is 6.49. The van der Waals surface area contributed by atoms with Gasteiger partial charge in [0.1, 0.15) is 4.49 Å². The lowest BCUT2D eigenvalue weighted by molar-refractivity contribution is -0.149. The second-order valence-corrected chi connectivity index (χ2v) is 4.34. The van der Waals surface area contributed by atoms with E-state index < -0.39 is 0 Å². The van der Waals surface area contributed by atoms with Crippen molar-refractivity contribution >= 4 is 29.2 Å². The Balaban J connectivity index is 4.29. The van der Waals surface area contributed by atoms with Crippen molar-refractivity contribution in [1.82, 2.24) is 0 Å². The Bertz CT molecular complexity index is 208. The van der Waals surface area contributed by atoms with Gasteiger partial charge < -0.3 is 4.74 Å². The molecule has 2 nitrogen and oxygen atoms in total. The lowest BCUT2D eigenvalue weighted by Gasteiger charge is -2.17. The minimum atomic E-state index is -0.187. The summed E-state index contributed by atoms with van der Waals surface area (Å²) in [6.45, 7) is 6.13. The summed E-state index contributed by atoms with van der Waals surface area (Å²) in [5.41, 5.74) is 0. The SMILES string of the molecule is CCOC(=O)C(CC=C(Cl)Cl)C(C)C. The van der Waals surface area contributed by atoms with Crippen molar-refractivity contribution in [2.24, 2.45) is 11.8 Å². The number of rotatable bonds is 5. The van der Waals surface area contributed by atoms with Gasteiger partial charge in [0.25, 0.3) is 0 Å². The molecule has 1 unspecified atom stereocenters. The minimum absolute atomic E-state index is 0.164. The van der Waals surface area contributed by atoms with Crippen LogP contribution in [0, 0.1) is 11.8 Å². The molecular formula is C10H16Cl2O2. The predicted octanol–water partition coefficient (Wildman–Crippen LogP) is 3.53. The van der Waals surface area contributed by atoms with E-state index >= 15 is 0 Å². The van der Waals surface area contributed by atoms with Gasteiger partial charge in [0.05, 0.1) is 12.5 Å². The van der Waals surface area contributed by atoms with Crippen LogP contribution in [0.4, 0.5) is 0 Å². The summed E-state index contributed by atoms with van der Waals surface area (Å²) >= 11 is 11.0. The van der Waals surface area contributed by atoms with Gasteiger partial charge in [-0.15, -0.1) is 0 Å². The molecule has 0 saturated carbocycles. The monoisotopic (exact) mass is 238 g/mol. The highest BCUT2D eigenvalue weighted by Gasteiger charge is 2.22. The number of hydrogen-bond acceptors (Lipinski definition) is 2. The molecule has 1 atom stereocenters. The maximum Gasteiger partial charge on any atom is 0.309 e. The molecule has 0 N–H and O–H groups in total. The summed E-state index contributed by atoms with van der Waals surface area (Å²) in [5.74, 6) is -0.131. The number of carbonyl (C=O) groups excluding carboxylic acids is 1. The summed E-state index contributed by atoms with van der Waals surface area (Å²) in [6, 6.07) is 0. The van der Waals surface area contributed by atoms with Crippen LogP contribution in [0.15, 0.2) is 10.6 Å². The number of esters is 1. The van der Waals surface area contributed by atoms with E-state index in [9.17, 15) is 4.79 Å². The van der Waals surface area contributed by atoms with Crippen LogP contribution in [-0.2, 0) is 9.53 Å². The third-order valence-corrected chi connectivity index (χ3v) is 2.23. The molecule has 14 heavy (non-hydrogen) atoms. The van der Waals surface area contributed by atoms with Crippen LogP contribution in [0.25, 0.3) is 0 Å². The third-order valence-electron chi connectivity index (χ3n) is 1.92. The number of halogens is 2. The van der Waals surface area contributed by atoms with Crippen molar-refractivity contribution in [3.63, 3.8) is 0 Å². The van der Waals surface area contributed by atoms with Crippen LogP contribution in [-0.4, -0.2) is 12.6 Å². The van der Waals surface area contributed by atoms with Crippen molar-refractivity contribution in [3.8, 4) is 0 Å². The van der Waals surface area contributed by atoms with E-state index in [1.807, 2.05) is 13.8 Å². The van der Waals surface area contributed by atoms with E-state index in [4.69, 9.17) is 27.9 Å². The molecule has 0 aliphatic rings. The molecule has 0 aromatic carbocycles. The number of carbonyl (C=O) groups is 1. The van der Waals surface area contributed by atoms with E-state index in [2.05, 4.69) is 0 Å². The van der Waals surface area contributed by atoms with E-state index in [1.54, 1.807) is 13.0 Å². The molecule has 0 rings (SSSR count). The van der Waals surface area contributed by atoms with Crippen LogP contribution < -0.4 is 0 Å². The van der Waals surface area contributed by atoms with Crippen LogP contribution in [0.1, 0.15) is 27.2 Å². The topological polar surface area (TPSA) is 26.3 Å². The van der Waals surface area contributed by atoms with Crippen LogP contribution in [0.3, 0.4) is 0 Å². The molecule has 0 amide bonds. The van der Waals surface area contributed by atoms with Crippen LogP contribution in [0.2, 0.25) is 0 Å². The van der Waals surface area contributed by atoms with Crippen molar-refractivity contribution in [2.75, 3.05) is 6.61 Å². The van der Waals surface area contributed by atoms with Gasteiger partial charge in [-0.05, 0) is 19.3 Å². The minimum Gasteiger partial charge on any atom is -0.466 e. The van der Waals surface area contributed by atoms with E-state index in [0.29, 0.717) is 13.0 Å². The van der Waals surface area contributed by atoms with Gasteiger partial charge in [0, 0.05) is 0 Å². The molecule has 0 radical (unpaired) electrons. The Kier molecular flexibility index (Phi) is 7.02. The standard InChI is InChI=1S/C10H16Cl2O2/c1-4-14-10(13)8(7(2)3)5-6-9(11)12/h6-8H,4-5H2,1-3H3. The maximum atomic E-state index is 11.5. The summed E-state index contributed by atoms with van der Waals surface area (Å²) in [4.78, 5) is 11.5. The van der Waals surface area contributed by atoms with Gasteiger partial charge in [-0.25, -0.2) is 0 Å². The Morgan fingerprint density at radius 3 is 2.36 bits per heavy atom. The number of hydrogen-bond donors (Lipinski definition) is 0. The molecule has 0 spiro atoms. The van der Waals surface area contributed by atoms with Gasteiger partial charge in [-0.1, -0.05) is 43.1 Å². The average molecular weight is 239 g/mol. The summed E-state index contributed by atoms with van der Waals surface area (Å²) < 4.78 is 5.14. The van der Waals surface area contributed by atoms with Gasteiger partial charge in [-0.3, -0.25) is 4.79 Å². The van der Waals surface area contributed by atoms with Gasteiger partial charge >= 0.3 is 5.97 Å². The smallest absolute Gasteiger partial charge is 0.309 e. The van der Waals surface area contributed by atoms with Crippen molar-refractivity contribution in [3.05, 3.63) is 10.6 Å². The Labute approximate surface area is 95.2 Å². The quantitative estimate of drug-likeness (QED) is 0.686. The second-order valence-electron chi connectivity index (χ2n) is 3.33. The highest BCUT2D eigenvalue weighted by atomic mass is 35.5. The maximum absolute atomic E-state index is 11.5. The predicted molar refractivity (Wildman–Crippen MR) is 59.4 cm³/mol. The zero-order chi connectivity index (χ0) is 11.1. The van der Waals surface area contributed by atoms with E-state index in [1.165, 1.54) is 0 Å². The summed E-state index contributed by atoms with van der Waals surface area (Å²) in [6.07, 6.45) is 2.16. The molecule has 0 aromatic heterocycles. The first kappa shape index (κ1) is 13.8. The second kappa shape index (κ2) is 7.13. The van der Waals surface area contributed by atoms with Crippen LogP contribution >= 0.6 is 23.2 Å². The largest absolute Gasteiger partial charge is 0.466 e. The molecule has 82 valence electrons. The number of allylic oxidation sites excluding steroid dienone is 1. The normalized spacial score (nSPS) is 12.4. The third kappa shape index (κ3) is 5.51.